The van der Waals surface area contributed by atoms with E-state index in [-0.39, 0.29) is 11.9 Å². The molecule has 8 nitrogen and oxygen atoms in total. The summed E-state index contributed by atoms with van der Waals surface area (Å²) in [5, 5.41) is 12.1. The van der Waals surface area contributed by atoms with Crippen molar-refractivity contribution in [2.24, 2.45) is 0 Å². The molecule has 9 heteroatoms. The lowest BCUT2D eigenvalue weighted by atomic mass is 10.2. The van der Waals surface area contributed by atoms with Crippen LogP contribution in [0.4, 0.5) is 10.9 Å². The van der Waals surface area contributed by atoms with E-state index in [9.17, 15) is 4.79 Å². The monoisotopic (exact) mass is 405 g/mol. The Morgan fingerprint density at radius 3 is 2.83 bits per heavy atom. The number of nitrogens with zero attached hydrogens (tertiary/aromatic N) is 6. The molecule has 0 aliphatic carbocycles. The Hall–Kier alpha value is -3.33. The van der Waals surface area contributed by atoms with Gasteiger partial charge in [-0.05, 0) is 44.2 Å². The number of carbonyl (C=O) groups is 1. The highest BCUT2D eigenvalue weighted by Crippen LogP contribution is 2.32. The third-order valence-corrected chi connectivity index (χ3v) is 5.79. The number of amides is 1. The van der Waals surface area contributed by atoms with Crippen LogP contribution >= 0.6 is 11.3 Å². The maximum absolute atomic E-state index is 12.8. The second-order valence-corrected chi connectivity index (χ2v) is 8.19. The van der Waals surface area contributed by atoms with Gasteiger partial charge in [0.25, 0.3) is 5.91 Å². The molecule has 0 saturated carbocycles. The SMILES string of the molecule is CC(C)n1cnnc1-c1cccc(NC(=O)c2ccc3nc(N4CC4)sc3c2)n1. The Kier molecular flexibility index (Phi) is 4.24. The van der Waals surface area contributed by atoms with Gasteiger partial charge in [0, 0.05) is 24.7 Å². The number of thiazole rings is 1. The van der Waals surface area contributed by atoms with E-state index in [1.54, 1.807) is 29.8 Å². The Labute approximate surface area is 171 Å². The zero-order valence-electron chi connectivity index (χ0n) is 16.0. The van der Waals surface area contributed by atoms with Gasteiger partial charge >= 0.3 is 0 Å². The van der Waals surface area contributed by atoms with Crippen molar-refractivity contribution in [3.63, 3.8) is 0 Å². The molecule has 0 bridgehead atoms. The predicted octanol–water partition coefficient (Wildman–Crippen LogP) is 3.60. The molecular formula is C20H19N7OS. The molecule has 5 rings (SSSR count). The largest absolute Gasteiger partial charge is 0.345 e. The van der Waals surface area contributed by atoms with E-state index in [1.807, 2.05) is 28.8 Å². The fourth-order valence-electron chi connectivity index (χ4n) is 3.05. The Morgan fingerprint density at radius 1 is 1.17 bits per heavy atom. The molecule has 4 heterocycles. The number of pyridine rings is 1. The summed E-state index contributed by atoms with van der Waals surface area (Å²) in [7, 11) is 0. The third kappa shape index (κ3) is 3.44. The molecule has 4 aromatic rings. The van der Waals surface area contributed by atoms with E-state index in [0.717, 1.165) is 28.4 Å². The Morgan fingerprint density at radius 2 is 2.03 bits per heavy atom. The lowest BCUT2D eigenvalue weighted by Gasteiger charge is -2.10. The number of carbonyl (C=O) groups excluding carboxylic acids is 1. The summed E-state index contributed by atoms with van der Waals surface area (Å²) in [6.45, 7) is 6.22. The van der Waals surface area contributed by atoms with Gasteiger partial charge in [0.2, 0.25) is 0 Å². The number of hydrogen-bond donors (Lipinski definition) is 1. The van der Waals surface area contributed by atoms with Crippen molar-refractivity contribution in [3.8, 4) is 11.5 Å². The number of anilines is 2. The fourth-order valence-corrected chi connectivity index (χ4v) is 4.11. The van der Waals surface area contributed by atoms with Gasteiger partial charge < -0.3 is 14.8 Å². The van der Waals surface area contributed by atoms with Gasteiger partial charge in [0.1, 0.15) is 17.8 Å². The first-order valence-electron chi connectivity index (χ1n) is 9.42. The quantitative estimate of drug-likeness (QED) is 0.510. The van der Waals surface area contributed by atoms with E-state index in [1.165, 1.54) is 0 Å². The van der Waals surface area contributed by atoms with Crippen molar-refractivity contribution < 1.29 is 4.79 Å². The van der Waals surface area contributed by atoms with Crippen LogP contribution in [0, 0.1) is 0 Å². The van der Waals surface area contributed by atoms with Crippen LogP contribution in [0.25, 0.3) is 21.7 Å². The molecule has 1 N–H and O–H groups in total. The minimum absolute atomic E-state index is 0.205. The molecule has 29 heavy (non-hydrogen) atoms. The normalized spacial score (nSPS) is 13.3. The molecule has 0 unspecified atom stereocenters. The topological polar surface area (TPSA) is 88.6 Å². The molecule has 1 aliphatic heterocycles. The number of fused-ring (bicyclic) bond motifs is 1. The summed E-state index contributed by atoms with van der Waals surface area (Å²) in [5.41, 5.74) is 2.16. The van der Waals surface area contributed by atoms with Crippen molar-refractivity contribution >= 4 is 38.4 Å². The molecule has 0 spiro atoms. The zero-order chi connectivity index (χ0) is 20.0. The molecule has 0 atom stereocenters. The van der Waals surface area contributed by atoms with Gasteiger partial charge in [-0.3, -0.25) is 4.79 Å². The van der Waals surface area contributed by atoms with Crippen LogP contribution in [0.5, 0.6) is 0 Å². The van der Waals surface area contributed by atoms with Crippen LogP contribution in [0.1, 0.15) is 30.2 Å². The molecule has 1 aliphatic rings. The first-order chi connectivity index (χ1) is 14.1. The van der Waals surface area contributed by atoms with Crippen molar-refractivity contribution in [1.82, 2.24) is 24.7 Å². The average Bonchev–Trinajstić information content (AvgIpc) is 3.28. The molecule has 1 fully saturated rings. The maximum atomic E-state index is 12.8. The smallest absolute Gasteiger partial charge is 0.256 e. The summed E-state index contributed by atoms with van der Waals surface area (Å²) in [6.07, 6.45) is 1.68. The van der Waals surface area contributed by atoms with Crippen LogP contribution in [-0.2, 0) is 0 Å². The number of nitrogens with one attached hydrogen (secondary N) is 1. The van der Waals surface area contributed by atoms with Gasteiger partial charge in [-0.15, -0.1) is 10.2 Å². The molecular weight excluding hydrogens is 386 g/mol. The Bertz CT molecular complexity index is 1210. The highest BCUT2D eigenvalue weighted by Gasteiger charge is 2.22. The van der Waals surface area contributed by atoms with Gasteiger partial charge in [0.05, 0.1) is 10.2 Å². The molecule has 0 radical (unpaired) electrons. The summed E-state index contributed by atoms with van der Waals surface area (Å²) >= 11 is 1.61. The van der Waals surface area contributed by atoms with E-state index >= 15 is 0 Å². The number of benzene rings is 1. The minimum Gasteiger partial charge on any atom is -0.345 e. The second-order valence-electron chi connectivity index (χ2n) is 7.18. The van der Waals surface area contributed by atoms with E-state index in [0.29, 0.717) is 22.9 Å². The minimum atomic E-state index is -0.205. The van der Waals surface area contributed by atoms with Crippen molar-refractivity contribution in [2.45, 2.75) is 19.9 Å². The highest BCUT2D eigenvalue weighted by atomic mass is 32.1. The molecule has 146 valence electrons. The average molecular weight is 405 g/mol. The van der Waals surface area contributed by atoms with Crippen molar-refractivity contribution in [2.75, 3.05) is 23.3 Å². The third-order valence-electron chi connectivity index (χ3n) is 4.71. The molecule has 1 amide bonds. The summed E-state index contributed by atoms with van der Waals surface area (Å²) in [5.74, 6) is 0.938. The summed E-state index contributed by atoms with van der Waals surface area (Å²) in [6, 6.07) is 11.3. The maximum Gasteiger partial charge on any atom is 0.256 e. The molecule has 3 aromatic heterocycles. The standard InChI is InChI=1S/C20H19N7OS/c1-12(2)27-11-21-25-18(27)15-4-3-5-17(22-15)24-19(28)13-6-7-14-16(10-13)29-20(23-14)26-8-9-26/h3-7,10-12H,8-9H2,1-2H3,(H,22,24,28). The Balaban J connectivity index is 1.39. The first kappa shape index (κ1) is 17.7. The predicted molar refractivity (Wildman–Crippen MR) is 113 cm³/mol. The summed E-state index contributed by atoms with van der Waals surface area (Å²) in [4.78, 5) is 24.1. The second kappa shape index (κ2) is 6.93. The van der Waals surface area contributed by atoms with Gasteiger partial charge in [-0.2, -0.15) is 0 Å². The van der Waals surface area contributed by atoms with Crippen molar-refractivity contribution in [1.29, 1.82) is 0 Å². The van der Waals surface area contributed by atoms with Crippen LogP contribution < -0.4 is 10.2 Å². The van der Waals surface area contributed by atoms with Crippen LogP contribution in [-0.4, -0.2) is 43.7 Å². The fraction of sp³-hybridized carbons (Fsp3) is 0.250. The van der Waals surface area contributed by atoms with E-state index < -0.39 is 0 Å². The number of rotatable bonds is 5. The van der Waals surface area contributed by atoms with Crippen LogP contribution in [0.15, 0.2) is 42.7 Å². The molecule has 1 aromatic carbocycles. The number of aromatic nitrogens is 5. The summed E-state index contributed by atoms with van der Waals surface area (Å²) < 4.78 is 2.95. The van der Waals surface area contributed by atoms with E-state index in [4.69, 9.17) is 0 Å². The zero-order valence-corrected chi connectivity index (χ0v) is 16.8. The lowest BCUT2D eigenvalue weighted by Crippen LogP contribution is -2.13. The van der Waals surface area contributed by atoms with Gasteiger partial charge in [0.15, 0.2) is 11.0 Å². The van der Waals surface area contributed by atoms with Crippen LogP contribution in [0.3, 0.4) is 0 Å². The lowest BCUT2D eigenvalue weighted by molar-refractivity contribution is 0.102. The number of hydrogen-bond acceptors (Lipinski definition) is 7. The van der Waals surface area contributed by atoms with Crippen molar-refractivity contribution in [3.05, 3.63) is 48.3 Å². The van der Waals surface area contributed by atoms with E-state index in [2.05, 4.69) is 44.2 Å². The van der Waals surface area contributed by atoms with Gasteiger partial charge in [-0.1, -0.05) is 17.4 Å². The van der Waals surface area contributed by atoms with Gasteiger partial charge in [-0.25, -0.2) is 9.97 Å². The first-order valence-corrected chi connectivity index (χ1v) is 10.2. The molecule has 1 saturated heterocycles. The van der Waals surface area contributed by atoms with Crippen LogP contribution in [0.2, 0.25) is 0 Å². The highest BCUT2D eigenvalue weighted by molar-refractivity contribution is 7.22.